The Morgan fingerprint density at radius 1 is 1.35 bits per heavy atom. The lowest BCUT2D eigenvalue weighted by molar-refractivity contribution is 0.0462. The van der Waals surface area contributed by atoms with E-state index < -0.39 is 23.2 Å². The molecule has 3 unspecified atom stereocenters. The van der Waals surface area contributed by atoms with Gasteiger partial charge in [0.2, 0.25) is 0 Å². The van der Waals surface area contributed by atoms with Gasteiger partial charge in [-0.05, 0) is 39.9 Å². The Balaban J connectivity index is 3.32. The van der Waals surface area contributed by atoms with Gasteiger partial charge in [-0.15, -0.1) is 0 Å². The number of likely N-dealkylation sites (N-methyl/N-ethyl adjacent to an activating group) is 1. The number of nitrogens with one attached hydrogen (secondary N) is 1. The summed E-state index contributed by atoms with van der Waals surface area (Å²) in [6, 6.07) is 0. The number of aldehydes is 1. The van der Waals surface area contributed by atoms with Crippen LogP contribution in [0.25, 0.3) is 0 Å². The van der Waals surface area contributed by atoms with Crippen molar-refractivity contribution in [3.8, 4) is 0 Å². The molecule has 0 spiro atoms. The van der Waals surface area contributed by atoms with Gasteiger partial charge >= 0.3 is 0 Å². The van der Waals surface area contributed by atoms with Gasteiger partial charge in [0, 0.05) is 37.5 Å². The summed E-state index contributed by atoms with van der Waals surface area (Å²) in [5.74, 6) is -1.71. The van der Waals surface area contributed by atoms with E-state index in [1.165, 1.54) is 6.08 Å². The SMILES string of the molecule is C=C(F)/C=C\Cc1n[pH]c(C=O)c1CC(C)/C(F)=C(\C=C/CNC)C(O)(CC)CCO. The fourth-order valence-electron chi connectivity index (χ4n) is 3.31. The molecule has 31 heavy (non-hydrogen) atoms. The molecule has 0 aromatic carbocycles. The van der Waals surface area contributed by atoms with Crippen molar-refractivity contribution in [1.29, 1.82) is 0 Å². The number of nitrogens with zero attached hydrogens (tertiary/aromatic N) is 1. The maximum atomic E-state index is 15.6. The number of aliphatic hydroxyl groups excluding tert-OH is 1. The van der Waals surface area contributed by atoms with Crippen LogP contribution < -0.4 is 5.32 Å². The lowest BCUT2D eigenvalue weighted by atomic mass is 9.83. The van der Waals surface area contributed by atoms with E-state index in [-0.39, 0.29) is 39.8 Å². The van der Waals surface area contributed by atoms with Crippen molar-refractivity contribution in [2.75, 3.05) is 20.2 Å². The highest BCUT2D eigenvalue weighted by Gasteiger charge is 2.32. The summed E-state index contributed by atoms with van der Waals surface area (Å²) >= 11 is 0. The van der Waals surface area contributed by atoms with E-state index in [9.17, 15) is 19.4 Å². The number of hydrogen-bond acceptors (Lipinski definition) is 5. The fourth-order valence-corrected chi connectivity index (χ4v) is 4.23. The molecule has 0 aliphatic rings. The molecular formula is C23H33F2N2O3P. The molecule has 1 heterocycles. The molecule has 1 aromatic rings. The van der Waals surface area contributed by atoms with Crippen molar-refractivity contribution in [3.63, 3.8) is 0 Å². The van der Waals surface area contributed by atoms with Gasteiger partial charge in [0.15, 0.2) is 6.29 Å². The fraction of sp³-hybridized carbons (Fsp3) is 0.478. The van der Waals surface area contributed by atoms with Gasteiger partial charge < -0.3 is 15.5 Å². The standard InChI is InChI=1S/C23H33F2N2O3P/c1-5-23(30,11-13-28)19(9-7-12-26-4)22(25)16(2)14-18-20(10-6-8-17(3)24)27-31-21(18)15-29/h6-9,15-16,26,28,30-31H,3,5,10-14H2,1-2,4H3/b8-6-,9-7-,22-19-. The number of hydrogen-bond donors (Lipinski definition) is 3. The zero-order valence-corrected chi connectivity index (χ0v) is 19.4. The molecule has 0 radical (unpaired) electrons. The summed E-state index contributed by atoms with van der Waals surface area (Å²) < 4.78 is 32.8. The van der Waals surface area contributed by atoms with Crippen molar-refractivity contribution in [2.45, 2.75) is 45.1 Å². The number of allylic oxidation sites excluding steroid dienone is 4. The van der Waals surface area contributed by atoms with Crippen molar-refractivity contribution in [3.05, 3.63) is 64.7 Å². The monoisotopic (exact) mass is 454 g/mol. The van der Waals surface area contributed by atoms with Crippen LogP contribution in [0.2, 0.25) is 0 Å². The largest absolute Gasteiger partial charge is 0.396 e. The summed E-state index contributed by atoms with van der Waals surface area (Å²) in [4.78, 5) is 11.5. The minimum atomic E-state index is -1.50. The summed E-state index contributed by atoms with van der Waals surface area (Å²) in [5.41, 5.74) is -0.0814. The van der Waals surface area contributed by atoms with Crippen LogP contribution in [0.5, 0.6) is 0 Å². The Bertz CT molecular complexity index is 833. The first kappa shape index (κ1) is 27.1. The van der Waals surface area contributed by atoms with Crippen LogP contribution in [0.15, 0.2) is 48.1 Å². The van der Waals surface area contributed by atoms with Crippen LogP contribution in [0.3, 0.4) is 0 Å². The van der Waals surface area contributed by atoms with Crippen molar-refractivity contribution >= 4 is 14.6 Å². The van der Waals surface area contributed by atoms with E-state index in [1.807, 2.05) is 0 Å². The molecular weight excluding hydrogens is 421 g/mol. The van der Waals surface area contributed by atoms with Crippen LogP contribution in [0.4, 0.5) is 8.78 Å². The normalized spacial score (nSPS) is 16.1. The highest BCUT2D eigenvalue weighted by molar-refractivity contribution is 7.28. The van der Waals surface area contributed by atoms with E-state index in [1.54, 1.807) is 39.1 Å². The Morgan fingerprint density at radius 3 is 2.61 bits per heavy atom. The zero-order chi connectivity index (χ0) is 23.4. The van der Waals surface area contributed by atoms with Crippen molar-refractivity contribution in [2.24, 2.45) is 5.92 Å². The second-order valence-electron chi connectivity index (χ2n) is 7.42. The third-order valence-corrected chi connectivity index (χ3v) is 6.17. The summed E-state index contributed by atoms with van der Waals surface area (Å²) in [7, 11) is 1.71. The lowest BCUT2D eigenvalue weighted by Gasteiger charge is -2.29. The van der Waals surface area contributed by atoms with E-state index in [0.29, 0.717) is 29.5 Å². The summed E-state index contributed by atoms with van der Waals surface area (Å²) in [6.07, 6.45) is 7.59. The van der Waals surface area contributed by atoms with Crippen LogP contribution in [-0.2, 0) is 12.8 Å². The maximum Gasteiger partial charge on any atom is 0.155 e. The van der Waals surface area contributed by atoms with E-state index in [0.717, 1.165) is 6.29 Å². The Morgan fingerprint density at radius 2 is 2.06 bits per heavy atom. The van der Waals surface area contributed by atoms with E-state index in [4.69, 9.17) is 0 Å². The Labute approximate surface area is 184 Å². The average molecular weight is 454 g/mol. The predicted molar refractivity (Wildman–Crippen MR) is 123 cm³/mol. The van der Waals surface area contributed by atoms with Crippen molar-refractivity contribution < 1.29 is 23.8 Å². The summed E-state index contributed by atoms with van der Waals surface area (Å²) in [5, 5.41) is 23.8. The molecule has 0 fully saturated rings. The molecule has 0 aliphatic heterocycles. The maximum absolute atomic E-state index is 15.6. The first-order chi connectivity index (χ1) is 14.7. The van der Waals surface area contributed by atoms with Gasteiger partial charge in [-0.3, -0.25) is 4.79 Å². The molecule has 1 aromatic heterocycles. The van der Waals surface area contributed by atoms with Gasteiger partial charge in [0.05, 0.1) is 16.6 Å². The third-order valence-electron chi connectivity index (χ3n) is 5.13. The molecule has 3 atom stereocenters. The number of rotatable bonds is 14. The lowest BCUT2D eigenvalue weighted by Crippen LogP contribution is -2.32. The van der Waals surface area contributed by atoms with E-state index in [2.05, 4.69) is 16.6 Å². The smallest absolute Gasteiger partial charge is 0.155 e. The van der Waals surface area contributed by atoms with Gasteiger partial charge in [-0.2, -0.15) is 0 Å². The zero-order valence-electron chi connectivity index (χ0n) is 18.4. The highest BCUT2D eigenvalue weighted by atomic mass is 31.0. The Hall–Kier alpha value is -1.92. The number of carbonyl (C=O) groups is 1. The van der Waals surface area contributed by atoms with Crippen LogP contribution >= 0.6 is 8.35 Å². The topological polar surface area (TPSA) is 82.5 Å². The first-order valence-electron chi connectivity index (χ1n) is 10.3. The van der Waals surface area contributed by atoms with E-state index >= 15 is 4.39 Å². The van der Waals surface area contributed by atoms with Crippen LogP contribution in [0, 0.1) is 5.92 Å². The second-order valence-corrected chi connectivity index (χ2v) is 8.41. The summed E-state index contributed by atoms with van der Waals surface area (Å²) in [6.45, 7) is 6.81. The number of carbonyl (C=O) groups excluding carboxylic acids is 1. The van der Waals surface area contributed by atoms with Crippen LogP contribution in [-0.4, -0.2) is 47.0 Å². The molecule has 0 aliphatic carbocycles. The first-order valence-corrected chi connectivity index (χ1v) is 11.2. The van der Waals surface area contributed by atoms with Crippen LogP contribution in [0.1, 0.15) is 48.0 Å². The predicted octanol–water partition coefficient (Wildman–Crippen LogP) is 4.21. The van der Waals surface area contributed by atoms with Crippen molar-refractivity contribution in [1.82, 2.24) is 10.1 Å². The molecule has 172 valence electrons. The Kier molecular flexibility index (Phi) is 11.8. The van der Waals surface area contributed by atoms with Gasteiger partial charge in [-0.25, -0.2) is 13.5 Å². The van der Waals surface area contributed by atoms with Gasteiger partial charge in [0.1, 0.15) is 11.7 Å². The molecule has 0 amide bonds. The van der Waals surface area contributed by atoms with Gasteiger partial charge in [0.25, 0.3) is 0 Å². The highest BCUT2D eigenvalue weighted by Crippen LogP contribution is 2.35. The molecule has 0 saturated carbocycles. The number of aromatic nitrogens is 1. The third kappa shape index (κ3) is 7.93. The molecule has 5 nitrogen and oxygen atoms in total. The quantitative estimate of drug-likeness (QED) is 0.290. The van der Waals surface area contributed by atoms with Gasteiger partial charge in [-0.1, -0.05) is 38.7 Å². The minimum Gasteiger partial charge on any atom is -0.396 e. The molecule has 0 bridgehead atoms. The number of halogens is 2. The molecule has 1 rings (SSSR count). The average Bonchev–Trinajstić information content (AvgIpc) is 3.12. The molecule has 0 saturated heterocycles. The molecule has 3 N–H and O–H groups in total. The number of aliphatic hydroxyl groups is 2. The second kappa shape index (κ2) is 13.5. The minimum absolute atomic E-state index is 0.0111. The molecule has 8 heteroatoms.